The van der Waals surface area contributed by atoms with Gasteiger partial charge < -0.3 is 8.83 Å². The van der Waals surface area contributed by atoms with E-state index in [0.717, 1.165) is 76.9 Å². The molecule has 0 aliphatic rings. The first-order valence-electron chi connectivity index (χ1n) is 22.7. The zero-order chi connectivity index (χ0) is 43.3. The fourth-order valence-corrected chi connectivity index (χ4v) is 11.0. The van der Waals surface area contributed by atoms with E-state index in [9.17, 15) is 0 Å². The van der Waals surface area contributed by atoms with Crippen LogP contribution < -0.4 is 0 Å². The summed E-state index contributed by atoms with van der Waals surface area (Å²) in [5, 5.41) is 14.0. The van der Waals surface area contributed by atoms with Gasteiger partial charge in [-0.05, 0) is 112 Å². The topological polar surface area (TPSA) is 26.3 Å². The summed E-state index contributed by atoms with van der Waals surface area (Å²) in [6.07, 6.45) is 0. The molecule has 14 aromatic rings. The largest absolute Gasteiger partial charge is 0.455 e. The lowest BCUT2D eigenvalue weighted by Crippen LogP contribution is -1.94. The van der Waals surface area contributed by atoms with Gasteiger partial charge in [0.05, 0.1) is 0 Å². The van der Waals surface area contributed by atoms with Crippen LogP contribution in [0, 0.1) is 0 Å². The Morgan fingerprint density at radius 1 is 0.197 bits per heavy atom. The number of rotatable bonds is 5. The van der Waals surface area contributed by atoms with E-state index >= 15 is 0 Å². The summed E-state index contributed by atoms with van der Waals surface area (Å²) in [4.78, 5) is 0. The second-order valence-corrected chi connectivity index (χ2v) is 17.4. The number of para-hydroxylation sites is 4. The molecule has 0 aliphatic carbocycles. The first-order chi connectivity index (χ1) is 32.8. The summed E-state index contributed by atoms with van der Waals surface area (Å²) in [6, 6.07) is 83.7. The van der Waals surface area contributed by atoms with Crippen molar-refractivity contribution >= 4 is 87.0 Å². The van der Waals surface area contributed by atoms with E-state index in [4.69, 9.17) is 8.83 Å². The summed E-state index contributed by atoms with van der Waals surface area (Å²) in [6.45, 7) is 0. The summed E-state index contributed by atoms with van der Waals surface area (Å²) in [5.74, 6) is 0. The van der Waals surface area contributed by atoms with Gasteiger partial charge in [0.1, 0.15) is 22.3 Å². The molecule has 0 spiro atoms. The number of hydrogen-bond acceptors (Lipinski definition) is 2. The lowest BCUT2D eigenvalue weighted by Gasteiger charge is -2.22. The molecule has 2 heterocycles. The third-order valence-electron chi connectivity index (χ3n) is 13.9. The average Bonchev–Trinajstić information content (AvgIpc) is 3.96. The van der Waals surface area contributed by atoms with Crippen LogP contribution in [0.15, 0.2) is 239 Å². The van der Waals surface area contributed by atoms with Gasteiger partial charge in [-0.1, -0.05) is 206 Å². The van der Waals surface area contributed by atoms with Crippen molar-refractivity contribution < 1.29 is 8.83 Å². The number of hydrogen-bond donors (Lipinski definition) is 0. The normalized spacial score (nSPS) is 11.9. The van der Waals surface area contributed by atoms with Crippen molar-refractivity contribution in [1.82, 2.24) is 0 Å². The molecule has 0 saturated heterocycles. The maximum absolute atomic E-state index is 6.77. The average molecular weight is 839 g/mol. The number of benzene rings is 12. The second kappa shape index (κ2) is 14.4. The zero-order valence-electron chi connectivity index (χ0n) is 35.8. The highest BCUT2D eigenvalue weighted by Gasteiger charge is 2.24. The smallest absolute Gasteiger partial charge is 0.143 e. The third-order valence-corrected chi connectivity index (χ3v) is 13.9. The highest BCUT2D eigenvalue weighted by Crippen LogP contribution is 2.51. The molecular weight excluding hydrogens is 801 g/mol. The van der Waals surface area contributed by atoms with Crippen LogP contribution in [0.3, 0.4) is 0 Å². The minimum atomic E-state index is 0.887. The molecule has 0 N–H and O–H groups in total. The van der Waals surface area contributed by atoms with Gasteiger partial charge in [-0.25, -0.2) is 0 Å². The van der Waals surface area contributed by atoms with Crippen molar-refractivity contribution in [3.05, 3.63) is 231 Å². The number of furan rings is 2. The van der Waals surface area contributed by atoms with Crippen LogP contribution in [0.5, 0.6) is 0 Å². The van der Waals surface area contributed by atoms with E-state index in [1.807, 2.05) is 12.1 Å². The summed E-state index contributed by atoms with van der Waals surface area (Å²) < 4.78 is 13.5. The molecule has 0 bridgehead atoms. The predicted octanol–water partition coefficient (Wildman–Crippen LogP) is 18.4. The van der Waals surface area contributed by atoms with Crippen LogP contribution >= 0.6 is 0 Å². The third kappa shape index (κ3) is 5.42. The van der Waals surface area contributed by atoms with Crippen molar-refractivity contribution in [3.8, 4) is 55.6 Å². The molecule has 2 heteroatoms. The lowest BCUT2D eigenvalue weighted by molar-refractivity contribution is 0.669. The predicted molar refractivity (Wildman–Crippen MR) is 278 cm³/mol. The molecule has 0 amide bonds. The molecule has 14 rings (SSSR count). The molecule has 0 unspecified atom stereocenters. The molecule has 0 saturated carbocycles. The molecule has 66 heavy (non-hydrogen) atoms. The van der Waals surface area contributed by atoms with Crippen molar-refractivity contribution in [2.45, 2.75) is 0 Å². The van der Waals surface area contributed by atoms with Crippen molar-refractivity contribution in [2.75, 3.05) is 0 Å². The molecule has 2 nitrogen and oxygen atoms in total. The Morgan fingerprint density at radius 2 is 0.500 bits per heavy atom. The maximum Gasteiger partial charge on any atom is 0.143 e. The summed E-state index contributed by atoms with van der Waals surface area (Å²) in [5.41, 5.74) is 15.1. The van der Waals surface area contributed by atoms with E-state index in [0.29, 0.717) is 0 Å². The van der Waals surface area contributed by atoms with Crippen molar-refractivity contribution in [1.29, 1.82) is 0 Å². The first kappa shape index (κ1) is 36.7. The Labute approximate surface area is 380 Å². The fraction of sp³-hybridized carbons (Fsp3) is 0. The molecule has 0 atom stereocenters. The molecule has 0 radical (unpaired) electrons. The lowest BCUT2D eigenvalue weighted by atomic mass is 9.81. The van der Waals surface area contributed by atoms with Gasteiger partial charge in [0.2, 0.25) is 0 Å². The Bertz CT molecular complexity index is 4000. The van der Waals surface area contributed by atoms with Gasteiger partial charge in [0.25, 0.3) is 0 Å². The maximum atomic E-state index is 6.77. The molecule has 0 aliphatic heterocycles. The summed E-state index contributed by atoms with van der Waals surface area (Å²) >= 11 is 0. The summed E-state index contributed by atoms with van der Waals surface area (Å²) in [7, 11) is 0. The van der Waals surface area contributed by atoms with Crippen LogP contribution in [0.1, 0.15) is 0 Å². The first-order valence-corrected chi connectivity index (χ1v) is 22.7. The van der Waals surface area contributed by atoms with Crippen LogP contribution in [-0.2, 0) is 0 Å². The van der Waals surface area contributed by atoms with Crippen molar-refractivity contribution in [2.24, 2.45) is 0 Å². The van der Waals surface area contributed by atoms with E-state index in [1.54, 1.807) is 0 Å². The second-order valence-electron chi connectivity index (χ2n) is 17.4. The van der Waals surface area contributed by atoms with Gasteiger partial charge >= 0.3 is 0 Å². The van der Waals surface area contributed by atoms with E-state index in [2.05, 4.69) is 218 Å². The minimum absolute atomic E-state index is 0.887. The Balaban J connectivity index is 1.18. The SMILES string of the molecule is c1ccc(-c2cccc3c(-c4c5cccc(-c6cccc7c6oc6ccccc67)c5cc5c(-c6cccc7c6oc6ccccc67)cccc45)c4cccc(-c5ccccc5)c4cc23)cc1. The van der Waals surface area contributed by atoms with Crippen LogP contribution in [-0.4, -0.2) is 0 Å². The Hall–Kier alpha value is -8.72. The highest BCUT2D eigenvalue weighted by molar-refractivity contribution is 6.29. The molecule has 2 aromatic heterocycles. The standard InChI is InChI=1S/C64H38O2/c1-3-17-39(18-4-1)41-23-11-27-47-55(41)37-56-42(40-19-5-2-6-20-40)24-12-28-48(56)61(47)62-49-29-13-25-43(51-31-15-33-53-45-21-7-9-35-59(45)65-63(51)53)57(49)38-58-44(26-14-30-50(58)62)52-32-16-34-54-46-22-8-10-36-60(46)66-64(52)54/h1-38H. The molecule has 0 fully saturated rings. The van der Waals surface area contributed by atoms with Gasteiger partial charge in [0.15, 0.2) is 0 Å². The van der Waals surface area contributed by atoms with Gasteiger partial charge in [0, 0.05) is 32.7 Å². The number of fused-ring (bicyclic) bond motifs is 10. The molecule has 306 valence electrons. The van der Waals surface area contributed by atoms with E-state index in [-0.39, 0.29) is 0 Å². The van der Waals surface area contributed by atoms with Crippen molar-refractivity contribution in [3.63, 3.8) is 0 Å². The van der Waals surface area contributed by atoms with Crippen LogP contribution in [0.4, 0.5) is 0 Å². The Kier molecular flexibility index (Phi) is 8.02. The molecular formula is C64H38O2. The fourth-order valence-electron chi connectivity index (χ4n) is 11.0. The highest BCUT2D eigenvalue weighted by atomic mass is 16.3. The van der Waals surface area contributed by atoms with E-state index in [1.165, 1.54) is 65.7 Å². The van der Waals surface area contributed by atoms with Crippen LogP contribution in [0.2, 0.25) is 0 Å². The van der Waals surface area contributed by atoms with Gasteiger partial charge in [-0.2, -0.15) is 0 Å². The minimum Gasteiger partial charge on any atom is -0.455 e. The van der Waals surface area contributed by atoms with Gasteiger partial charge in [-0.15, -0.1) is 0 Å². The zero-order valence-corrected chi connectivity index (χ0v) is 35.8. The Morgan fingerprint density at radius 3 is 0.909 bits per heavy atom. The monoisotopic (exact) mass is 838 g/mol. The van der Waals surface area contributed by atoms with E-state index < -0.39 is 0 Å². The quantitative estimate of drug-likeness (QED) is 0.161. The van der Waals surface area contributed by atoms with Crippen LogP contribution in [0.25, 0.3) is 143 Å². The van der Waals surface area contributed by atoms with Gasteiger partial charge in [-0.3, -0.25) is 0 Å². The molecule has 12 aromatic carbocycles.